The van der Waals surface area contributed by atoms with Crippen molar-refractivity contribution >= 4 is 5.91 Å². The third-order valence-electron chi connectivity index (χ3n) is 3.45. The highest BCUT2D eigenvalue weighted by atomic mass is 16.5. The fourth-order valence-electron chi connectivity index (χ4n) is 2.45. The summed E-state index contributed by atoms with van der Waals surface area (Å²) in [6.45, 7) is 2.97. The molecular weight excluding hydrogens is 240 g/mol. The monoisotopic (exact) mass is 262 g/mol. The molecule has 0 fully saturated rings. The number of ether oxygens (including phenoxy) is 1. The second kappa shape index (κ2) is 6.57. The van der Waals surface area contributed by atoms with Crippen molar-refractivity contribution in [1.82, 2.24) is 5.32 Å². The van der Waals surface area contributed by atoms with Crippen LogP contribution in [0.3, 0.4) is 0 Å². The first-order valence-electron chi connectivity index (χ1n) is 6.98. The molecule has 0 radical (unpaired) electrons. The van der Waals surface area contributed by atoms with Crippen LogP contribution in [0.1, 0.15) is 43.4 Å². The number of carbonyl (C=O) groups is 1. The zero-order chi connectivity index (χ0) is 13.7. The maximum absolute atomic E-state index is 11.3. The van der Waals surface area contributed by atoms with Crippen LogP contribution < -0.4 is 15.8 Å². The Kier molecular flexibility index (Phi) is 4.80. The van der Waals surface area contributed by atoms with Gasteiger partial charge < -0.3 is 15.8 Å². The maximum Gasteiger partial charge on any atom is 0.223 e. The summed E-state index contributed by atoms with van der Waals surface area (Å²) in [5.41, 5.74) is 8.64. The van der Waals surface area contributed by atoms with E-state index in [4.69, 9.17) is 10.5 Å². The molecule has 0 aromatic heterocycles. The van der Waals surface area contributed by atoms with Crippen LogP contribution in [0, 0.1) is 0 Å². The van der Waals surface area contributed by atoms with Gasteiger partial charge in [-0.25, -0.2) is 0 Å². The molecule has 1 aliphatic rings. The number of benzene rings is 1. The number of aryl methyl sites for hydroxylation is 1. The van der Waals surface area contributed by atoms with E-state index in [9.17, 15) is 4.79 Å². The molecule has 19 heavy (non-hydrogen) atoms. The van der Waals surface area contributed by atoms with Crippen molar-refractivity contribution in [3.8, 4) is 5.75 Å². The second-order valence-corrected chi connectivity index (χ2v) is 4.91. The van der Waals surface area contributed by atoms with Crippen molar-refractivity contribution in [3.05, 3.63) is 29.3 Å². The summed E-state index contributed by atoms with van der Waals surface area (Å²) in [5.74, 6) is 0.831. The van der Waals surface area contributed by atoms with Gasteiger partial charge in [-0.05, 0) is 49.4 Å². The molecule has 1 aromatic rings. The van der Waals surface area contributed by atoms with Crippen LogP contribution in [0.25, 0.3) is 0 Å². The Labute approximate surface area is 114 Å². The minimum Gasteiger partial charge on any atom is -0.493 e. The number of fused-ring (bicyclic) bond motifs is 1. The van der Waals surface area contributed by atoms with E-state index in [1.54, 1.807) is 0 Å². The molecule has 0 aliphatic heterocycles. The molecule has 0 heterocycles. The number of nitrogens with one attached hydrogen (secondary N) is 1. The minimum absolute atomic E-state index is 0.0251. The number of amides is 1. The lowest BCUT2D eigenvalue weighted by molar-refractivity contribution is -0.121. The standard InChI is InChI=1S/C15H22N2O2/c1-2-17-15(18)8-9-19-12-7-6-11-4-3-5-14(16)13(11)10-12/h6-7,10,14H,2-5,8-9,16H2,1H3,(H,17,18)/t14-/m0/s1. The van der Waals surface area contributed by atoms with Gasteiger partial charge in [-0.15, -0.1) is 0 Å². The average molecular weight is 262 g/mol. The highest BCUT2D eigenvalue weighted by molar-refractivity contribution is 5.75. The Bertz CT molecular complexity index is 446. The van der Waals surface area contributed by atoms with Gasteiger partial charge in [0.1, 0.15) is 5.75 Å². The van der Waals surface area contributed by atoms with Gasteiger partial charge in [-0.1, -0.05) is 6.07 Å². The third kappa shape index (κ3) is 3.70. The van der Waals surface area contributed by atoms with Crippen LogP contribution in [0.2, 0.25) is 0 Å². The van der Waals surface area contributed by atoms with Gasteiger partial charge in [0.05, 0.1) is 13.0 Å². The lowest BCUT2D eigenvalue weighted by Crippen LogP contribution is -2.24. The van der Waals surface area contributed by atoms with Gasteiger partial charge in [-0.3, -0.25) is 4.79 Å². The van der Waals surface area contributed by atoms with E-state index in [2.05, 4.69) is 11.4 Å². The highest BCUT2D eigenvalue weighted by Gasteiger charge is 2.17. The quantitative estimate of drug-likeness (QED) is 0.852. The molecule has 1 amide bonds. The van der Waals surface area contributed by atoms with Crippen molar-refractivity contribution in [3.63, 3.8) is 0 Å². The lowest BCUT2D eigenvalue weighted by Gasteiger charge is -2.22. The van der Waals surface area contributed by atoms with E-state index < -0.39 is 0 Å². The molecule has 1 aliphatic carbocycles. The molecule has 0 saturated heterocycles. The Morgan fingerprint density at radius 3 is 3.16 bits per heavy atom. The summed E-state index contributed by atoms with van der Waals surface area (Å²) in [5, 5.41) is 2.75. The topological polar surface area (TPSA) is 64.3 Å². The number of rotatable bonds is 5. The van der Waals surface area contributed by atoms with E-state index in [-0.39, 0.29) is 11.9 Å². The molecule has 0 spiro atoms. The van der Waals surface area contributed by atoms with Crippen LogP contribution in [0.4, 0.5) is 0 Å². The summed E-state index contributed by atoms with van der Waals surface area (Å²) in [4.78, 5) is 11.3. The molecule has 2 rings (SSSR count). The van der Waals surface area contributed by atoms with Crippen molar-refractivity contribution in [2.45, 2.75) is 38.6 Å². The lowest BCUT2D eigenvalue weighted by atomic mass is 9.88. The Morgan fingerprint density at radius 2 is 2.37 bits per heavy atom. The van der Waals surface area contributed by atoms with Crippen molar-refractivity contribution in [2.75, 3.05) is 13.2 Å². The molecule has 0 bridgehead atoms. The Morgan fingerprint density at radius 1 is 1.53 bits per heavy atom. The van der Waals surface area contributed by atoms with Crippen LogP contribution in [-0.2, 0) is 11.2 Å². The van der Waals surface area contributed by atoms with Crippen molar-refractivity contribution < 1.29 is 9.53 Å². The average Bonchev–Trinajstić information content (AvgIpc) is 2.40. The first kappa shape index (κ1) is 13.9. The van der Waals surface area contributed by atoms with Gasteiger partial charge in [0.15, 0.2) is 0 Å². The molecule has 3 N–H and O–H groups in total. The second-order valence-electron chi connectivity index (χ2n) is 4.91. The smallest absolute Gasteiger partial charge is 0.223 e. The normalized spacial score (nSPS) is 17.7. The molecule has 104 valence electrons. The van der Waals surface area contributed by atoms with Crippen LogP contribution in [0.15, 0.2) is 18.2 Å². The first-order chi connectivity index (χ1) is 9.20. The van der Waals surface area contributed by atoms with E-state index in [0.29, 0.717) is 19.6 Å². The van der Waals surface area contributed by atoms with Gasteiger partial charge >= 0.3 is 0 Å². The summed E-state index contributed by atoms with van der Waals surface area (Å²) >= 11 is 0. The van der Waals surface area contributed by atoms with Gasteiger partial charge in [0, 0.05) is 12.6 Å². The van der Waals surface area contributed by atoms with Gasteiger partial charge in [0.25, 0.3) is 0 Å². The summed E-state index contributed by atoms with van der Waals surface area (Å²) in [7, 11) is 0. The predicted molar refractivity (Wildman–Crippen MR) is 75.1 cm³/mol. The largest absolute Gasteiger partial charge is 0.493 e. The molecule has 0 saturated carbocycles. The SMILES string of the molecule is CCNC(=O)CCOc1ccc2c(c1)[C@@H](N)CCC2. The van der Waals surface area contributed by atoms with Crippen LogP contribution in [0.5, 0.6) is 5.75 Å². The first-order valence-corrected chi connectivity index (χ1v) is 6.98. The van der Waals surface area contributed by atoms with E-state index in [1.165, 1.54) is 11.1 Å². The Hall–Kier alpha value is -1.55. The summed E-state index contributed by atoms with van der Waals surface area (Å²) in [6.07, 6.45) is 3.68. The van der Waals surface area contributed by atoms with Crippen molar-refractivity contribution in [1.29, 1.82) is 0 Å². The number of nitrogens with two attached hydrogens (primary N) is 1. The summed E-state index contributed by atoms with van der Waals surface area (Å²) < 4.78 is 5.62. The number of carbonyl (C=O) groups excluding carboxylic acids is 1. The fraction of sp³-hybridized carbons (Fsp3) is 0.533. The molecule has 1 aromatic carbocycles. The van der Waals surface area contributed by atoms with Crippen LogP contribution >= 0.6 is 0 Å². The molecule has 4 heteroatoms. The van der Waals surface area contributed by atoms with Gasteiger partial charge in [-0.2, -0.15) is 0 Å². The van der Waals surface area contributed by atoms with E-state index >= 15 is 0 Å². The highest BCUT2D eigenvalue weighted by Crippen LogP contribution is 2.30. The molecule has 4 nitrogen and oxygen atoms in total. The maximum atomic E-state index is 11.3. The predicted octanol–water partition coefficient (Wildman–Crippen LogP) is 1.93. The number of hydrogen-bond acceptors (Lipinski definition) is 3. The summed E-state index contributed by atoms with van der Waals surface area (Å²) in [6, 6.07) is 6.21. The zero-order valence-corrected chi connectivity index (χ0v) is 11.4. The number of hydrogen-bond donors (Lipinski definition) is 2. The molecule has 1 atom stereocenters. The minimum atomic E-state index is 0.0251. The molecular formula is C15H22N2O2. The Balaban J connectivity index is 1.91. The molecule has 0 unspecified atom stereocenters. The van der Waals surface area contributed by atoms with Crippen LogP contribution in [-0.4, -0.2) is 19.1 Å². The van der Waals surface area contributed by atoms with E-state index in [1.807, 2.05) is 19.1 Å². The zero-order valence-electron chi connectivity index (χ0n) is 11.4. The van der Waals surface area contributed by atoms with Gasteiger partial charge in [0.2, 0.25) is 5.91 Å². The third-order valence-corrected chi connectivity index (χ3v) is 3.45. The van der Waals surface area contributed by atoms with Crippen molar-refractivity contribution in [2.24, 2.45) is 5.73 Å². The van der Waals surface area contributed by atoms with E-state index in [0.717, 1.165) is 25.0 Å². The fourth-order valence-corrected chi connectivity index (χ4v) is 2.45.